The Bertz CT molecular complexity index is 1140. The van der Waals surface area contributed by atoms with Gasteiger partial charge in [0.2, 0.25) is 0 Å². The molecule has 3 heteroatoms. The molecule has 0 amide bonds. The third kappa shape index (κ3) is 18.7. The minimum absolute atomic E-state index is 0. The van der Waals surface area contributed by atoms with Gasteiger partial charge in [0.05, 0.1) is 17.1 Å². The van der Waals surface area contributed by atoms with Gasteiger partial charge in [0.1, 0.15) is 5.71 Å². The molecule has 2 aromatic carbocycles. The molecule has 2 rings (SSSR count). The van der Waals surface area contributed by atoms with E-state index in [4.69, 9.17) is 9.98 Å². The molecule has 246 valence electrons. The van der Waals surface area contributed by atoms with E-state index < -0.39 is 0 Å². The molecule has 44 heavy (non-hydrogen) atoms. The van der Waals surface area contributed by atoms with E-state index in [1.165, 1.54) is 119 Å². The van der Waals surface area contributed by atoms with Gasteiger partial charge in [-0.1, -0.05) is 128 Å². The molecule has 0 unspecified atom stereocenters. The summed E-state index contributed by atoms with van der Waals surface area (Å²) in [6.07, 6.45) is 24.8. The molecule has 0 aliphatic heterocycles. The quantitative estimate of drug-likeness (QED) is 0.0540. The average Bonchev–Trinajstić information content (AvgIpc) is 2.95. The summed E-state index contributed by atoms with van der Waals surface area (Å²) < 4.78 is 0. The second kappa shape index (κ2) is 25.2. The molecule has 0 aromatic heterocycles. The van der Waals surface area contributed by atoms with Gasteiger partial charge in [-0.15, -0.1) is 0 Å². The fourth-order valence-corrected chi connectivity index (χ4v) is 5.78. The molecule has 0 fully saturated rings. The van der Waals surface area contributed by atoms with Crippen molar-refractivity contribution in [1.82, 2.24) is 0 Å². The van der Waals surface area contributed by atoms with E-state index in [0.717, 1.165) is 48.5 Å². The largest absolute Gasteiger partial charge is 0.250 e. The third-order valence-electron chi connectivity index (χ3n) is 8.07. The Balaban J connectivity index is 0.00000968. The summed E-state index contributed by atoms with van der Waals surface area (Å²) >= 11 is 0. The standard InChI is InChI=1S/C41H62N2.Pd/c1-7-9-11-12-13-14-15-16-17-18-19-20-21-22-23-24-25-27-41(43-39-32-36(5)29-37(6)33-39)40(26-10-8-2)42-38-30-34(3)28-35(4)31-38;/h28-33H,7-24,26H2,1-6H3;/b42-40+,43-41+;. The SMILES string of the molecule is CCCCCCCCCCCCCCCCCC#CC(=N\c1cc(C)cc(C)c1)/C(CCCC)=N/c1cc(C)cc(C)c1.[Pd]. The van der Waals surface area contributed by atoms with Crippen LogP contribution in [-0.2, 0) is 20.4 Å². The first-order valence-corrected chi connectivity index (χ1v) is 17.7. The summed E-state index contributed by atoms with van der Waals surface area (Å²) in [6, 6.07) is 13.0. The van der Waals surface area contributed by atoms with Gasteiger partial charge in [0, 0.05) is 26.8 Å². The van der Waals surface area contributed by atoms with Gasteiger partial charge >= 0.3 is 0 Å². The topological polar surface area (TPSA) is 24.7 Å². The Morgan fingerprint density at radius 3 is 1.32 bits per heavy atom. The van der Waals surface area contributed by atoms with Crippen molar-refractivity contribution >= 4 is 22.8 Å². The van der Waals surface area contributed by atoms with Gasteiger partial charge in [0.15, 0.2) is 0 Å². The Hall–Kier alpha value is -2.00. The molecule has 2 aromatic rings. The molecule has 0 bridgehead atoms. The number of nitrogens with zero attached hydrogens (tertiary/aromatic N) is 2. The summed E-state index contributed by atoms with van der Waals surface area (Å²) in [4.78, 5) is 10.2. The molecule has 0 aliphatic carbocycles. The van der Waals surface area contributed by atoms with Gasteiger partial charge < -0.3 is 0 Å². The van der Waals surface area contributed by atoms with Gasteiger partial charge in [-0.25, -0.2) is 4.99 Å². The maximum atomic E-state index is 5.14. The van der Waals surface area contributed by atoms with Crippen molar-refractivity contribution < 1.29 is 20.4 Å². The zero-order valence-corrected chi connectivity index (χ0v) is 30.7. The zero-order valence-electron chi connectivity index (χ0n) is 29.1. The van der Waals surface area contributed by atoms with Crippen LogP contribution < -0.4 is 0 Å². The molecule has 0 heterocycles. The number of aliphatic imine (C=N–C) groups is 2. The average molecular weight is 689 g/mol. The van der Waals surface area contributed by atoms with Crippen LogP contribution in [0.3, 0.4) is 0 Å². The fraction of sp³-hybridized carbons (Fsp3) is 0.610. The van der Waals surface area contributed by atoms with E-state index in [-0.39, 0.29) is 20.4 Å². The first-order chi connectivity index (χ1) is 20.9. The van der Waals surface area contributed by atoms with Gasteiger partial charge in [-0.3, -0.25) is 4.99 Å². The van der Waals surface area contributed by atoms with E-state index in [9.17, 15) is 0 Å². The Kier molecular flexibility index (Phi) is 22.9. The summed E-state index contributed by atoms with van der Waals surface area (Å²) in [6.45, 7) is 13.1. The maximum absolute atomic E-state index is 5.14. The maximum Gasteiger partial charge on any atom is 0.135 e. The van der Waals surface area contributed by atoms with Gasteiger partial charge in [-0.2, -0.15) is 0 Å². The van der Waals surface area contributed by atoms with Crippen molar-refractivity contribution in [3.05, 3.63) is 58.7 Å². The van der Waals surface area contributed by atoms with Crippen LogP contribution in [0.15, 0.2) is 46.4 Å². The first kappa shape index (κ1) is 40.0. The van der Waals surface area contributed by atoms with Crippen LogP contribution in [0, 0.1) is 39.5 Å². The smallest absolute Gasteiger partial charge is 0.135 e. The summed E-state index contributed by atoms with van der Waals surface area (Å²) in [5, 5.41) is 0. The molecule has 0 spiro atoms. The second-order valence-electron chi connectivity index (χ2n) is 12.8. The van der Waals surface area contributed by atoms with Gasteiger partial charge in [-0.05, 0) is 99.4 Å². The van der Waals surface area contributed by atoms with E-state index in [1.54, 1.807) is 0 Å². The molecule has 0 N–H and O–H groups in total. The normalized spacial score (nSPS) is 11.7. The van der Waals surface area contributed by atoms with Crippen molar-refractivity contribution in [2.45, 2.75) is 164 Å². The van der Waals surface area contributed by atoms with Crippen LogP contribution in [0.2, 0.25) is 0 Å². The van der Waals surface area contributed by atoms with Crippen molar-refractivity contribution in [3.8, 4) is 11.8 Å². The number of rotatable bonds is 21. The van der Waals surface area contributed by atoms with Crippen LogP contribution in [0.25, 0.3) is 0 Å². The number of hydrogen-bond donors (Lipinski definition) is 0. The number of hydrogen-bond acceptors (Lipinski definition) is 2. The van der Waals surface area contributed by atoms with Gasteiger partial charge in [0.25, 0.3) is 0 Å². The third-order valence-corrected chi connectivity index (χ3v) is 8.07. The fourth-order valence-electron chi connectivity index (χ4n) is 5.78. The Morgan fingerprint density at radius 1 is 0.500 bits per heavy atom. The summed E-state index contributed by atoms with van der Waals surface area (Å²) in [7, 11) is 0. The van der Waals surface area contributed by atoms with Crippen molar-refractivity contribution in [2.75, 3.05) is 0 Å². The van der Waals surface area contributed by atoms with Crippen LogP contribution in [0.1, 0.15) is 158 Å². The molecule has 0 saturated heterocycles. The monoisotopic (exact) mass is 688 g/mol. The predicted octanol–water partition coefficient (Wildman–Crippen LogP) is 13.2. The van der Waals surface area contributed by atoms with Crippen LogP contribution in [0.4, 0.5) is 11.4 Å². The van der Waals surface area contributed by atoms with Crippen LogP contribution in [-0.4, -0.2) is 11.4 Å². The van der Waals surface area contributed by atoms with Crippen LogP contribution >= 0.6 is 0 Å². The molecule has 2 nitrogen and oxygen atoms in total. The summed E-state index contributed by atoms with van der Waals surface area (Å²) in [5.41, 5.74) is 8.74. The minimum atomic E-state index is 0. The van der Waals surface area contributed by atoms with E-state index in [0.29, 0.717) is 0 Å². The first-order valence-electron chi connectivity index (χ1n) is 17.7. The Labute approximate surface area is 286 Å². The second-order valence-corrected chi connectivity index (χ2v) is 12.8. The predicted molar refractivity (Wildman–Crippen MR) is 193 cm³/mol. The summed E-state index contributed by atoms with van der Waals surface area (Å²) in [5.74, 6) is 6.97. The van der Waals surface area contributed by atoms with Crippen LogP contribution in [0.5, 0.6) is 0 Å². The number of unbranched alkanes of at least 4 members (excludes halogenated alkanes) is 16. The van der Waals surface area contributed by atoms with E-state index >= 15 is 0 Å². The minimum Gasteiger partial charge on any atom is -0.250 e. The molecule has 0 aliphatic rings. The van der Waals surface area contributed by atoms with Crippen molar-refractivity contribution in [1.29, 1.82) is 0 Å². The number of benzene rings is 2. The Morgan fingerprint density at radius 2 is 0.886 bits per heavy atom. The molecule has 0 radical (unpaired) electrons. The van der Waals surface area contributed by atoms with Crippen molar-refractivity contribution in [2.24, 2.45) is 9.98 Å². The molecular formula is C41H62N2Pd. The van der Waals surface area contributed by atoms with E-state index in [2.05, 4.69) is 89.8 Å². The molecule has 0 saturated carbocycles. The molecule has 0 atom stereocenters. The zero-order chi connectivity index (χ0) is 31.1. The van der Waals surface area contributed by atoms with E-state index in [1.807, 2.05) is 0 Å². The van der Waals surface area contributed by atoms with Crippen molar-refractivity contribution in [3.63, 3.8) is 0 Å². The number of aryl methyl sites for hydroxylation is 4. The molecular weight excluding hydrogens is 627 g/mol.